The van der Waals surface area contributed by atoms with Crippen LogP contribution < -0.4 is 18.1 Å². The number of hydrogen-bond acceptors (Lipinski definition) is 6. The molecule has 0 amide bonds. The fourth-order valence-corrected chi connectivity index (χ4v) is 3.53. The van der Waals surface area contributed by atoms with Crippen molar-refractivity contribution in [3.8, 4) is 23.0 Å². The van der Waals surface area contributed by atoms with Crippen LogP contribution in [0.15, 0.2) is 86.0 Å². The van der Waals surface area contributed by atoms with Gasteiger partial charge in [-0.3, -0.25) is 0 Å². The van der Waals surface area contributed by atoms with Crippen LogP contribution in [0.25, 0.3) is 12.2 Å². The molecule has 2 unspecified atom stereocenters. The highest BCUT2D eigenvalue weighted by Gasteiger charge is 2.27. The van der Waals surface area contributed by atoms with E-state index in [1.165, 1.54) is 6.07 Å². The third-order valence-electron chi connectivity index (χ3n) is 3.76. The normalized spacial score (nSPS) is 11.1. The summed E-state index contributed by atoms with van der Waals surface area (Å²) < 4.78 is 45.3. The van der Waals surface area contributed by atoms with Gasteiger partial charge in [-0.15, -0.1) is 0 Å². The zero-order valence-corrected chi connectivity index (χ0v) is 17.6. The number of hydrogen-bond donors (Lipinski definition) is 0. The molecule has 0 N–H and O–H groups in total. The zero-order chi connectivity index (χ0) is 21.3. The summed E-state index contributed by atoms with van der Waals surface area (Å²) in [6, 6.07) is 20.0. The van der Waals surface area contributed by atoms with Gasteiger partial charge in [0.2, 0.25) is 0 Å². The van der Waals surface area contributed by atoms with Crippen LogP contribution in [-0.4, -0.2) is 0 Å². The topological polar surface area (TPSA) is 71.1 Å². The van der Waals surface area contributed by atoms with E-state index in [1.807, 2.05) is 0 Å². The first-order valence-corrected chi connectivity index (χ1v) is 11.0. The maximum absolute atomic E-state index is 12.1. The van der Waals surface area contributed by atoms with Crippen LogP contribution in [0.1, 0.15) is 11.1 Å². The Morgan fingerprint density at radius 2 is 0.933 bits per heavy atom. The lowest BCUT2D eigenvalue weighted by Crippen LogP contribution is -1.91. The Balaban J connectivity index is 1.56. The van der Waals surface area contributed by atoms with Gasteiger partial charge in [0.05, 0.1) is 0 Å². The highest BCUT2D eigenvalue weighted by molar-refractivity contribution is 7.34. The van der Waals surface area contributed by atoms with E-state index < -0.39 is 16.5 Å². The van der Waals surface area contributed by atoms with E-state index in [4.69, 9.17) is 18.1 Å². The predicted molar refractivity (Wildman–Crippen MR) is 117 cm³/mol. The molecule has 0 aliphatic rings. The molecular weight excluding hydrogens is 422 g/mol. The lowest BCUT2D eigenvalue weighted by molar-refractivity contribution is 0.409. The molecule has 0 fully saturated rings. The molecule has 3 rings (SSSR count). The second-order valence-corrected chi connectivity index (χ2v) is 7.46. The Morgan fingerprint density at radius 1 is 0.567 bits per heavy atom. The minimum absolute atomic E-state index is 0.232. The molecule has 0 bridgehead atoms. The number of rotatable bonds is 10. The van der Waals surface area contributed by atoms with Gasteiger partial charge in [0.1, 0.15) is 0 Å². The van der Waals surface area contributed by atoms with Gasteiger partial charge in [-0.05, 0) is 47.5 Å². The molecule has 0 radical (unpaired) electrons. The molecule has 0 aliphatic heterocycles. The molecule has 3 aromatic carbocycles. The maximum Gasteiger partial charge on any atom is 0.805 e. The summed E-state index contributed by atoms with van der Waals surface area (Å²) in [7, 11) is -4.94. The van der Waals surface area contributed by atoms with Gasteiger partial charge in [0.15, 0.2) is 23.0 Å². The summed E-state index contributed by atoms with van der Waals surface area (Å²) in [5.74, 6) is 1.26. The summed E-state index contributed by atoms with van der Waals surface area (Å²) in [6.45, 7) is 7.34. The lowest BCUT2D eigenvalue weighted by Gasteiger charge is -1.98. The minimum atomic E-state index is -2.47. The minimum Gasteiger partial charge on any atom is -0.222 e. The first-order chi connectivity index (χ1) is 14.6. The molecule has 0 aromatic heterocycles. The lowest BCUT2D eigenvalue weighted by atomic mass is 10.2. The Kier molecular flexibility index (Phi) is 7.34. The van der Waals surface area contributed by atoms with Crippen LogP contribution in [0, 0.1) is 0 Å². The summed E-state index contributed by atoms with van der Waals surface area (Å²) in [4.78, 5) is 0. The Morgan fingerprint density at radius 3 is 1.30 bits per heavy atom. The van der Waals surface area contributed by atoms with E-state index >= 15 is 0 Å². The molecule has 0 heterocycles. The fraction of sp³-hybridized carbons (Fsp3) is 0. The van der Waals surface area contributed by atoms with E-state index in [2.05, 4.69) is 13.2 Å². The summed E-state index contributed by atoms with van der Waals surface area (Å²) in [6.07, 6.45) is 3.38. The van der Waals surface area contributed by atoms with Crippen LogP contribution in [0.5, 0.6) is 23.0 Å². The van der Waals surface area contributed by atoms with Gasteiger partial charge < -0.3 is 0 Å². The summed E-state index contributed by atoms with van der Waals surface area (Å²) in [5.41, 5.74) is 1.83. The van der Waals surface area contributed by atoms with Crippen LogP contribution in [0.3, 0.4) is 0 Å². The van der Waals surface area contributed by atoms with E-state index in [0.717, 1.165) is 11.1 Å². The average Bonchev–Trinajstić information content (AvgIpc) is 2.75. The molecule has 6 nitrogen and oxygen atoms in total. The van der Waals surface area contributed by atoms with E-state index in [1.54, 1.807) is 78.9 Å². The monoisotopic (exact) mass is 440 g/mol. The molecular formula is C22H18O6P2+2. The van der Waals surface area contributed by atoms with E-state index in [9.17, 15) is 9.13 Å². The summed E-state index contributed by atoms with van der Waals surface area (Å²) in [5, 5.41) is 0. The smallest absolute Gasteiger partial charge is 0.222 e. The summed E-state index contributed by atoms with van der Waals surface area (Å²) >= 11 is 0. The molecule has 0 spiro atoms. The molecule has 0 aliphatic carbocycles. The molecule has 150 valence electrons. The van der Waals surface area contributed by atoms with Gasteiger partial charge in [0, 0.05) is 15.2 Å². The first kappa shape index (κ1) is 21.3. The van der Waals surface area contributed by atoms with Crippen molar-refractivity contribution in [2.24, 2.45) is 0 Å². The zero-order valence-electron chi connectivity index (χ0n) is 15.8. The molecule has 0 saturated carbocycles. The molecule has 2 atom stereocenters. The van der Waals surface area contributed by atoms with Gasteiger partial charge in [-0.2, -0.15) is 0 Å². The van der Waals surface area contributed by atoms with Gasteiger partial charge in [0.25, 0.3) is 0 Å². The van der Waals surface area contributed by atoms with Gasteiger partial charge >= 0.3 is 16.5 Å². The van der Waals surface area contributed by atoms with E-state index in [-0.39, 0.29) is 11.5 Å². The maximum atomic E-state index is 12.1. The Labute approximate surface area is 176 Å². The fourth-order valence-electron chi connectivity index (χ4n) is 2.30. The van der Waals surface area contributed by atoms with Crippen LogP contribution in [-0.2, 0) is 9.13 Å². The third-order valence-corrected chi connectivity index (χ3v) is 5.20. The second kappa shape index (κ2) is 10.4. The second-order valence-electron chi connectivity index (χ2n) is 5.83. The van der Waals surface area contributed by atoms with E-state index in [0.29, 0.717) is 11.5 Å². The van der Waals surface area contributed by atoms with Crippen molar-refractivity contribution in [2.75, 3.05) is 0 Å². The van der Waals surface area contributed by atoms with Crippen molar-refractivity contribution in [3.05, 3.63) is 97.1 Å². The average molecular weight is 440 g/mol. The quantitative estimate of drug-likeness (QED) is 0.311. The molecule has 30 heavy (non-hydrogen) atoms. The van der Waals surface area contributed by atoms with Crippen molar-refractivity contribution >= 4 is 28.7 Å². The van der Waals surface area contributed by atoms with Crippen LogP contribution in [0.4, 0.5) is 0 Å². The largest absolute Gasteiger partial charge is 0.805 e. The van der Waals surface area contributed by atoms with Crippen molar-refractivity contribution in [3.63, 3.8) is 0 Å². The highest BCUT2D eigenvalue weighted by atomic mass is 31.1. The molecule has 0 saturated heterocycles. The highest BCUT2D eigenvalue weighted by Crippen LogP contribution is 2.35. The standard InChI is InChI=1S/C22H18O6P2/c1-3-17-8-12-19(13-9-17)25-29(23)27-21-6-5-7-22(16-21)28-30(24)26-20-14-10-18(4-2)11-15-20/h3-16H,1-2H2/q+2. The Bertz CT molecular complexity index is 979. The van der Waals surface area contributed by atoms with Crippen molar-refractivity contribution in [1.29, 1.82) is 0 Å². The third kappa shape index (κ3) is 6.28. The van der Waals surface area contributed by atoms with Crippen LogP contribution >= 0.6 is 16.5 Å². The first-order valence-electron chi connectivity index (χ1n) is 8.77. The van der Waals surface area contributed by atoms with Crippen molar-refractivity contribution in [1.82, 2.24) is 0 Å². The van der Waals surface area contributed by atoms with Gasteiger partial charge in [-0.25, -0.2) is 18.1 Å². The van der Waals surface area contributed by atoms with Crippen molar-refractivity contribution < 1.29 is 27.2 Å². The SMILES string of the molecule is C=Cc1ccc(O[P+](=O)Oc2cccc(O[P+](=O)Oc3ccc(C=C)cc3)c2)cc1. The number of benzene rings is 3. The predicted octanol–water partition coefficient (Wildman–Crippen LogP) is 7.20. The molecule has 8 heteroatoms. The van der Waals surface area contributed by atoms with Gasteiger partial charge in [-0.1, -0.05) is 55.6 Å². The van der Waals surface area contributed by atoms with Crippen molar-refractivity contribution in [2.45, 2.75) is 0 Å². The molecule has 3 aromatic rings. The Hall–Kier alpha value is -3.46. The van der Waals surface area contributed by atoms with Crippen LogP contribution in [0.2, 0.25) is 0 Å².